The smallest absolute Gasteiger partial charge is 0.358 e. The lowest BCUT2D eigenvalue weighted by molar-refractivity contribution is 0.0683. The van der Waals surface area contributed by atoms with E-state index in [2.05, 4.69) is 15.3 Å². The average molecular weight is 355 g/mol. The molecule has 1 aliphatic heterocycles. The molecule has 0 amide bonds. The molecule has 0 radical (unpaired) electrons. The SMILES string of the molecule is Cc1nc(CC2CCCNCC2)nc(C(=O)O)c1OCc1ccccc1. The van der Waals surface area contributed by atoms with Crippen molar-refractivity contribution in [1.29, 1.82) is 0 Å². The summed E-state index contributed by atoms with van der Waals surface area (Å²) < 4.78 is 5.76. The maximum atomic E-state index is 11.7. The second-order valence-electron chi connectivity index (χ2n) is 6.73. The molecule has 0 aliphatic carbocycles. The van der Waals surface area contributed by atoms with E-state index < -0.39 is 5.97 Å². The molecule has 6 nitrogen and oxygen atoms in total. The standard InChI is InChI=1S/C20H25N3O3/c1-14-19(26-13-16-6-3-2-4-7-16)18(20(24)25)23-17(22-14)12-15-8-5-10-21-11-9-15/h2-4,6-7,15,21H,5,8-13H2,1H3,(H,24,25). The molecule has 138 valence electrons. The highest BCUT2D eigenvalue weighted by atomic mass is 16.5. The lowest BCUT2D eigenvalue weighted by Crippen LogP contribution is -2.16. The molecule has 2 N–H and O–H groups in total. The van der Waals surface area contributed by atoms with Gasteiger partial charge < -0.3 is 15.2 Å². The molecule has 1 saturated heterocycles. The van der Waals surface area contributed by atoms with Crippen LogP contribution in [0.1, 0.15) is 46.8 Å². The quantitative estimate of drug-likeness (QED) is 0.829. The van der Waals surface area contributed by atoms with Crippen LogP contribution in [-0.2, 0) is 13.0 Å². The number of carbonyl (C=O) groups is 1. The molecule has 1 aromatic carbocycles. The maximum Gasteiger partial charge on any atom is 0.358 e. The van der Waals surface area contributed by atoms with Crippen LogP contribution < -0.4 is 10.1 Å². The zero-order valence-electron chi connectivity index (χ0n) is 15.1. The Morgan fingerprint density at radius 3 is 2.81 bits per heavy atom. The van der Waals surface area contributed by atoms with Gasteiger partial charge in [-0.2, -0.15) is 0 Å². The van der Waals surface area contributed by atoms with Gasteiger partial charge in [0.05, 0.1) is 5.69 Å². The number of nitrogens with zero attached hydrogens (tertiary/aromatic N) is 2. The Hall–Kier alpha value is -2.47. The zero-order chi connectivity index (χ0) is 18.4. The van der Waals surface area contributed by atoms with Crippen molar-refractivity contribution in [3.05, 3.63) is 53.1 Å². The minimum atomic E-state index is -1.08. The summed E-state index contributed by atoms with van der Waals surface area (Å²) in [5.74, 6) is 0.260. The molecule has 3 rings (SSSR count). The number of carboxylic acids is 1. The van der Waals surface area contributed by atoms with Gasteiger partial charge in [0.25, 0.3) is 0 Å². The number of aromatic nitrogens is 2. The van der Waals surface area contributed by atoms with Crippen molar-refractivity contribution < 1.29 is 14.6 Å². The third-order valence-electron chi connectivity index (χ3n) is 4.68. The van der Waals surface area contributed by atoms with E-state index in [0.29, 0.717) is 30.5 Å². The summed E-state index contributed by atoms with van der Waals surface area (Å²) >= 11 is 0. The van der Waals surface area contributed by atoms with Gasteiger partial charge in [0.2, 0.25) is 0 Å². The lowest BCUT2D eigenvalue weighted by Gasteiger charge is -2.15. The summed E-state index contributed by atoms with van der Waals surface area (Å²) in [7, 11) is 0. The van der Waals surface area contributed by atoms with Gasteiger partial charge in [0.1, 0.15) is 12.4 Å². The van der Waals surface area contributed by atoms with E-state index in [-0.39, 0.29) is 11.4 Å². The van der Waals surface area contributed by atoms with Crippen LogP contribution in [0.25, 0.3) is 0 Å². The van der Waals surface area contributed by atoms with Crippen LogP contribution in [0.5, 0.6) is 5.75 Å². The minimum Gasteiger partial charge on any atom is -0.484 e. The highest BCUT2D eigenvalue weighted by Crippen LogP contribution is 2.24. The molecule has 0 saturated carbocycles. The number of hydrogen-bond acceptors (Lipinski definition) is 5. The number of nitrogens with one attached hydrogen (secondary N) is 1. The first-order chi connectivity index (χ1) is 12.6. The Bertz CT molecular complexity index is 741. The van der Waals surface area contributed by atoms with Gasteiger partial charge in [-0.05, 0) is 50.8 Å². The van der Waals surface area contributed by atoms with Crippen molar-refractivity contribution in [3.63, 3.8) is 0 Å². The number of aryl methyl sites for hydroxylation is 1. The Kier molecular flexibility index (Phi) is 6.17. The predicted molar refractivity (Wildman–Crippen MR) is 98.4 cm³/mol. The molecule has 0 bridgehead atoms. The van der Waals surface area contributed by atoms with Crippen LogP contribution in [0.3, 0.4) is 0 Å². The van der Waals surface area contributed by atoms with Crippen molar-refractivity contribution in [2.24, 2.45) is 5.92 Å². The number of aromatic carboxylic acids is 1. The van der Waals surface area contributed by atoms with E-state index >= 15 is 0 Å². The van der Waals surface area contributed by atoms with Crippen molar-refractivity contribution in [1.82, 2.24) is 15.3 Å². The van der Waals surface area contributed by atoms with Gasteiger partial charge in [0.15, 0.2) is 11.4 Å². The summed E-state index contributed by atoms with van der Waals surface area (Å²) in [6, 6.07) is 9.64. The van der Waals surface area contributed by atoms with Gasteiger partial charge in [-0.15, -0.1) is 0 Å². The first-order valence-electron chi connectivity index (χ1n) is 9.11. The molecule has 2 aromatic rings. The van der Waals surface area contributed by atoms with Crippen LogP contribution in [-0.4, -0.2) is 34.1 Å². The van der Waals surface area contributed by atoms with Crippen molar-refractivity contribution >= 4 is 5.97 Å². The summed E-state index contributed by atoms with van der Waals surface area (Å²) in [4.78, 5) is 20.6. The number of rotatable bonds is 6. The van der Waals surface area contributed by atoms with E-state index in [9.17, 15) is 9.90 Å². The third-order valence-corrected chi connectivity index (χ3v) is 4.68. The fourth-order valence-corrected chi connectivity index (χ4v) is 3.31. The van der Waals surface area contributed by atoms with E-state index in [1.807, 2.05) is 30.3 Å². The van der Waals surface area contributed by atoms with Crippen LogP contribution >= 0.6 is 0 Å². The van der Waals surface area contributed by atoms with E-state index in [1.54, 1.807) is 6.92 Å². The number of carboxylic acid groups (broad SMARTS) is 1. The molecule has 26 heavy (non-hydrogen) atoms. The Morgan fingerprint density at radius 1 is 1.23 bits per heavy atom. The third kappa shape index (κ3) is 4.79. The Balaban J connectivity index is 1.78. The summed E-state index contributed by atoms with van der Waals surface area (Å²) in [6.07, 6.45) is 4.02. The molecule has 1 aromatic heterocycles. The minimum absolute atomic E-state index is 0.0461. The maximum absolute atomic E-state index is 11.7. The molecular formula is C20H25N3O3. The van der Waals surface area contributed by atoms with E-state index in [0.717, 1.165) is 37.9 Å². The van der Waals surface area contributed by atoms with Crippen LogP contribution in [0.4, 0.5) is 0 Å². The highest BCUT2D eigenvalue weighted by Gasteiger charge is 2.21. The van der Waals surface area contributed by atoms with Gasteiger partial charge in [-0.1, -0.05) is 30.3 Å². The van der Waals surface area contributed by atoms with E-state index in [1.165, 1.54) is 0 Å². The largest absolute Gasteiger partial charge is 0.484 e. The second kappa shape index (κ2) is 8.76. The topological polar surface area (TPSA) is 84.3 Å². The molecule has 2 heterocycles. The fraction of sp³-hybridized carbons (Fsp3) is 0.450. The van der Waals surface area contributed by atoms with Gasteiger partial charge in [-0.3, -0.25) is 0 Å². The molecule has 1 aliphatic rings. The molecule has 6 heteroatoms. The molecular weight excluding hydrogens is 330 g/mol. The first-order valence-corrected chi connectivity index (χ1v) is 9.11. The average Bonchev–Trinajstić information content (AvgIpc) is 2.90. The number of hydrogen-bond donors (Lipinski definition) is 2. The molecule has 1 unspecified atom stereocenters. The van der Waals surface area contributed by atoms with Crippen LogP contribution in [0.2, 0.25) is 0 Å². The normalized spacial score (nSPS) is 17.5. The monoisotopic (exact) mass is 355 g/mol. The summed E-state index contributed by atoms with van der Waals surface area (Å²) in [6.45, 7) is 4.11. The molecule has 1 fully saturated rings. The van der Waals surface area contributed by atoms with E-state index in [4.69, 9.17) is 4.74 Å². The number of benzene rings is 1. The molecule has 1 atom stereocenters. The molecule has 0 spiro atoms. The zero-order valence-corrected chi connectivity index (χ0v) is 15.1. The highest BCUT2D eigenvalue weighted by molar-refractivity contribution is 5.88. The van der Waals surface area contributed by atoms with Crippen molar-refractivity contribution in [2.75, 3.05) is 13.1 Å². The Morgan fingerprint density at radius 2 is 2.04 bits per heavy atom. The van der Waals surface area contributed by atoms with Crippen LogP contribution in [0, 0.1) is 12.8 Å². The van der Waals surface area contributed by atoms with Gasteiger partial charge in [0, 0.05) is 6.42 Å². The first kappa shape index (κ1) is 18.3. The predicted octanol–water partition coefficient (Wildman–Crippen LogP) is 2.99. The summed E-state index contributed by atoms with van der Waals surface area (Å²) in [5, 5.41) is 13.0. The van der Waals surface area contributed by atoms with Crippen LogP contribution in [0.15, 0.2) is 30.3 Å². The number of ether oxygens (including phenoxy) is 1. The van der Waals surface area contributed by atoms with Crippen molar-refractivity contribution in [2.45, 2.75) is 39.2 Å². The van der Waals surface area contributed by atoms with Crippen molar-refractivity contribution in [3.8, 4) is 5.75 Å². The second-order valence-corrected chi connectivity index (χ2v) is 6.73. The van der Waals surface area contributed by atoms with Gasteiger partial charge in [-0.25, -0.2) is 14.8 Å². The fourth-order valence-electron chi connectivity index (χ4n) is 3.31. The summed E-state index contributed by atoms with van der Waals surface area (Å²) in [5.41, 5.74) is 1.50. The lowest BCUT2D eigenvalue weighted by atomic mass is 9.96. The van der Waals surface area contributed by atoms with Gasteiger partial charge >= 0.3 is 5.97 Å². The Labute approximate surface area is 153 Å².